The SMILES string of the molecule is NCC(Cc1cccc(Br)c1)CC1CCCO1. The Kier molecular flexibility index (Phi) is 5.01. The Bertz CT molecular complexity index is 350. The van der Waals surface area contributed by atoms with Crippen molar-refractivity contribution in [2.45, 2.75) is 31.8 Å². The molecular formula is C14H20BrNO. The minimum Gasteiger partial charge on any atom is -0.378 e. The average Bonchev–Trinajstić information content (AvgIpc) is 2.81. The van der Waals surface area contributed by atoms with Gasteiger partial charge < -0.3 is 10.5 Å². The summed E-state index contributed by atoms with van der Waals surface area (Å²) in [5, 5.41) is 0. The van der Waals surface area contributed by atoms with Crippen LogP contribution in [0, 0.1) is 5.92 Å². The summed E-state index contributed by atoms with van der Waals surface area (Å²) < 4.78 is 6.82. The van der Waals surface area contributed by atoms with Crippen molar-refractivity contribution in [2.75, 3.05) is 13.2 Å². The smallest absolute Gasteiger partial charge is 0.0579 e. The molecule has 1 aromatic carbocycles. The first kappa shape index (κ1) is 13.1. The van der Waals surface area contributed by atoms with Crippen LogP contribution < -0.4 is 5.73 Å². The molecule has 3 heteroatoms. The van der Waals surface area contributed by atoms with E-state index in [0.29, 0.717) is 12.0 Å². The highest BCUT2D eigenvalue weighted by atomic mass is 79.9. The van der Waals surface area contributed by atoms with Crippen LogP contribution in [0.3, 0.4) is 0 Å². The summed E-state index contributed by atoms with van der Waals surface area (Å²) in [5.41, 5.74) is 7.22. The predicted octanol–water partition coefficient (Wildman–Crippen LogP) is 3.14. The topological polar surface area (TPSA) is 35.2 Å². The van der Waals surface area contributed by atoms with E-state index in [1.165, 1.54) is 18.4 Å². The summed E-state index contributed by atoms with van der Waals surface area (Å²) in [6.45, 7) is 1.67. The Hall–Kier alpha value is -0.380. The van der Waals surface area contributed by atoms with Crippen molar-refractivity contribution in [1.29, 1.82) is 0 Å². The highest BCUT2D eigenvalue weighted by molar-refractivity contribution is 9.10. The first-order valence-electron chi connectivity index (χ1n) is 6.34. The zero-order valence-electron chi connectivity index (χ0n) is 10.1. The van der Waals surface area contributed by atoms with Gasteiger partial charge in [-0.15, -0.1) is 0 Å². The average molecular weight is 298 g/mol. The fraction of sp³-hybridized carbons (Fsp3) is 0.571. The predicted molar refractivity (Wildman–Crippen MR) is 74.0 cm³/mol. The van der Waals surface area contributed by atoms with Crippen LogP contribution in [0.4, 0.5) is 0 Å². The van der Waals surface area contributed by atoms with E-state index < -0.39 is 0 Å². The number of nitrogens with two attached hydrogens (primary N) is 1. The van der Waals surface area contributed by atoms with Crippen LogP contribution >= 0.6 is 15.9 Å². The van der Waals surface area contributed by atoms with E-state index in [1.807, 2.05) is 0 Å². The summed E-state index contributed by atoms with van der Waals surface area (Å²) in [6, 6.07) is 8.49. The molecule has 0 aliphatic carbocycles. The molecular weight excluding hydrogens is 278 g/mol. The molecule has 1 heterocycles. The van der Waals surface area contributed by atoms with Gasteiger partial charge in [0.15, 0.2) is 0 Å². The summed E-state index contributed by atoms with van der Waals surface area (Å²) in [6.07, 6.45) is 5.00. The molecule has 2 unspecified atom stereocenters. The maximum absolute atomic E-state index is 5.87. The zero-order chi connectivity index (χ0) is 12.1. The van der Waals surface area contributed by atoms with Crippen molar-refractivity contribution < 1.29 is 4.74 Å². The fourth-order valence-corrected chi connectivity index (χ4v) is 2.91. The summed E-state index contributed by atoms with van der Waals surface area (Å²) in [7, 11) is 0. The summed E-state index contributed by atoms with van der Waals surface area (Å²) >= 11 is 3.51. The van der Waals surface area contributed by atoms with Gasteiger partial charge in [-0.3, -0.25) is 0 Å². The van der Waals surface area contributed by atoms with Crippen molar-refractivity contribution in [1.82, 2.24) is 0 Å². The maximum Gasteiger partial charge on any atom is 0.0579 e. The molecule has 94 valence electrons. The molecule has 1 aliphatic rings. The van der Waals surface area contributed by atoms with Crippen molar-refractivity contribution in [3.05, 3.63) is 34.3 Å². The second-order valence-electron chi connectivity index (χ2n) is 4.81. The van der Waals surface area contributed by atoms with Gasteiger partial charge in [0, 0.05) is 11.1 Å². The van der Waals surface area contributed by atoms with Crippen LogP contribution in [-0.2, 0) is 11.2 Å². The Labute approximate surface area is 112 Å². The molecule has 1 fully saturated rings. The highest BCUT2D eigenvalue weighted by Crippen LogP contribution is 2.23. The number of benzene rings is 1. The van der Waals surface area contributed by atoms with Gasteiger partial charge in [0.05, 0.1) is 6.10 Å². The van der Waals surface area contributed by atoms with E-state index >= 15 is 0 Å². The van der Waals surface area contributed by atoms with Crippen LogP contribution in [0.15, 0.2) is 28.7 Å². The Morgan fingerprint density at radius 3 is 3.00 bits per heavy atom. The standard InChI is InChI=1S/C14H20BrNO/c15-13-4-1-3-11(8-13)7-12(10-16)9-14-5-2-6-17-14/h1,3-4,8,12,14H,2,5-7,9-10,16H2. The molecule has 0 spiro atoms. The van der Waals surface area contributed by atoms with Gasteiger partial charge in [-0.2, -0.15) is 0 Å². The van der Waals surface area contributed by atoms with Gasteiger partial charge in [0.2, 0.25) is 0 Å². The molecule has 0 saturated carbocycles. The Morgan fingerprint density at radius 2 is 2.35 bits per heavy atom. The molecule has 17 heavy (non-hydrogen) atoms. The van der Waals surface area contributed by atoms with Crippen molar-refractivity contribution in [2.24, 2.45) is 11.7 Å². The van der Waals surface area contributed by atoms with E-state index in [-0.39, 0.29) is 0 Å². The first-order valence-corrected chi connectivity index (χ1v) is 7.13. The molecule has 0 bridgehead atoms. The third-order valence-electron chi connectivity index (χ3n) is 3.37. The number of ether oxygens (including phenoxy) is 1. The highest BCUT2D eigenvalue weighted by Gasteiger charge is 2.20. The van der Waals surface area contributed by atoms with Crippen LogP contribution in [0.25, 0.3) is 0 Å². The van der Waals surface area contributed by atoms with E-state index in [2.05, 4.69) is 40.2 Å². The van der Waals surface area contributed by atoms with Crippen molar-refractivity contribution >= 4 is 15.9 Å². The van der Waals surface area contributed by atoms with E-state index in [0.717, 1.165) is 30.5 Å². The molecule has 2 rings (SSSR count). The largest absolute Gasteiger partial charge is 0.378 e. The van der Waals surface area contributed by atoms with Gasteiger partial charge in [-0.1, -0.05) is 28.1 Å². The third kappa shape index (κ3) is 4.09. The van der Waals surface area contributed by atoms with Crippen LogP contribution in [-0.4, -0.2) is 19.3 Å². The van der Waals surface area contributed by atoms with Crippen LogP contribution in [0.2, 0.25) is 0 Å². The maximum atomic E-state index is 5.87. The second kappa shape index (κ2) is 6.53. The van der Waals surface area contributed by atoms with Crippen LogP contribution in [0.5, 0.6) is 0 Å². The lowest BCUT2D eigenvalue weighted by atomic mass is 9.93. The molecule has 1 aliphatic heterocycles. The molecule has 0 amide bonds. The minimum atomic E-state index is 0.440. The number of hydrogen-bond donors (Lipinski definition) is 1. The van der Waals surface area contributed by atoms with E-state index in [4.69, 9.17) is 10.5 Å². The lowest BCUT2D eigenvalue weighted by Gasteiger charge is -2.18. The number of hydrogen-bond acceptors (Lipinski definition) is 2. The minimum absolute atomic E-state index is 0.440. The Morgan fingerprint density at radius 1 is 1.47 bits per heavy atom. The molecule has 0 aromatic heterocycles. The van der Waals surface area contributed by atoms with E-state index in [9.17, 15) is 0 Å². The molecule has 1 saturated heterocycles. The number of halogens is 1. The van der Waals surface area contributed by atoms with E-state index in [1.54, 1.807) is 0 Å². The lowest BCUT2D eigenvalue weighted by molar-refractivity contribution is 0.0905. The normalized spacial score (nSPS) is 21.6. The lowest BCUT2D eigenvalue weighted by Crippen LogP contribution is -2.22. The summed E-state index contributed by atoms with van der Waals surface area (Å²) in [4.78, 5) is 0. The molecule has 2 atom stereocenters. The number of rotatable bonds is 5. The molecule has 0 radical (unpaired) electrons. The van der Waals surface area contributed by atoms with Gasteiger partial charge >= 0.3 is 0 Å². The third-order valence-corrected chi connectivity index (χ3v) is 3.86. The molecule has 2 nitrogen and oxygen atoms in total. The molecule has 2 N–H and O–H groups in total. The van der Waals surface area contributed by atoms with Gasteiger partial charge in [0.1, 0.15) is 0 Å². The monoisotopic (exact) mass is 297 g/mol. The molecule has 1 aromatic rings. The quantitative estimate of drug-likeness (QED) is 0.906. The summed E-state index contributed by atoms with van der Waals surface area (Å²) in [5.74, 6) is 0.535. The van der Waals surface area contributed by atoms with Gasteiger partial charge in [0.25, 0.3) is 0 Å². The van der Waals surface area contributed by atoms with Gasteiger partial charge in [-0.25, -0.2) is 0 Å². The fourth-order valence-electron chi connectivity index (χ4n) is 2.46. The van der Waals surface area contributed by atoms with Gasteiger partial charge in [-0.05, 0) is 55.8 Å². The van der Waals surface area contributed by atoms with Crippen molar-refractivity contribution in [3.8, 4) is 0 Å². The Balaban J connectivity index is 1.90. The van der Waals surface area contributed by atoms with Crippen molar-refractivity contribution in [3.63, 3.8) is 0 Å². The second-order valence-corrected chi connectivity index (χ2v) is 5.72. The first-order chi connectivity index (χ1) is 8.28. The van der Waals surface area contributed by atoms with Crippen LogP contribution in [0.1, 0.15) is 24.8 Å². The zero-order valence-corrected chi connectivity index (χ0v) is 11.7.